The van der Waals surface area contributed by atoms with Crippen LogP contribution in [-0.2, 0) is 4.79 Å². The molecule has 0 aromatic rings. The van der Waals surface area contributed by atoms with E-state index in [0.717, 1.165) is 6.29 Å². The third-order valence-corrected chi connectivity index (χ3v) is 1.24. The quantitative estimate of drug-likeness (QED) is 0.461. The average molecular weight is 136 g/mol. The monoisotopic (exact) mass is 135 g/mol. The second-order valence-electron chi connectivity index (χ2n) is 2.01. The first-order chi connectivity index (χ1) is 3.72. The Labute approximate surface area is 54.3 Å². The van der Waals surface area contributed by atoms with Crippen molar-refractivity contribution >= 4 is 18.1 Å². The van der Waals surface area contributed by atoms with E-state index < -0.39 is 0 Å². The molecule has 1 atom stereocenters. The normalized spacial score (nSPS) is 14.0. The van der Waals surface area contributed by atoms with Gasteiger partial charge in [0.2, 0.25) is 0 Å². The molecule has 0 rings (SSSR count). The van der Waals surface area contributed by atoms with Crippen LogP contribution in [-0.4, -0.2) is 12.3 Å². The van der Waals surface area contributed by atoms with Crippen LogP contribution in [0.3, 0.4) is 0 Å². The Balaban J connectivity index is 3.51. The minimum Gasteiger partial charge on any atom is -0.302 e. The van der Waals surface area contributed by atoms with Crippen LogP contribution in [0.2, 0.25) is 0 Å². The van der Waals surface area contributed by atoms with Crippen LogP contribution in [0.15, 0.2) is 0 Å². The van der Waals surface area contributed by atoms with Gasteiger partial charge in [0.05, 0.1) is 6.04 Å². The van der Waals surface area contributed by atoms with E-state index in [9.17, 15) is 4.79 Å². The summed E-state index contributed by atoms with van der Waals surface area (Å²) in [7, 11) is 0. The second-order valence-corrected chi connectivity index (χ2v) is 2.23. The molecule has 0 heterocycles. The van der Waals surface area contributed by atoms with Gasteiger partial charge < -0.3 is 4.79 Å². The largest absolute Gasteiger partial charge is 0.302 e. The third kappa shape index (κ3) is 2.28. The van der Waals surface area contributed by atoms with Crippen LogP contribution < -0.4 is 4.84 Å². The van der Waals surface area contributed by atoms with Gasteiger partial charge in [-0.2, -0.15) is 0 Å². The molecule has 0 aromatic carbocycles. The Hall–Kier alpha value is -0.0800. The molecule has 0 aliphatic rings. The third-order valence-electron chi connectivity index (χ3n) is 0.991. The molecule has 0 aliphatic heterocycles. The summed E-state index contributed by atoms with van der Waals surface area (Å²) in [6.07, 6.45) is 0.803. The minimum atomic E-state index is -0.211. The summed E-state index contributed by atoms with van der Waals surface area (Å²) >= 11 is 5.18. The van der Waals surface area contributed by atoms with E-state index in [4.69, 9.17) is 11.8 Å². The maximum Gasteiger partial charge on any atom is 0.138 e. The Morgan fingerprint density at radius 2 is 2.12 bits per heavy atom. The fraction of sp³-hybridized carbons (Fsp3) is 0.800. The van der Waals surface area contributed by atoms with Crippen molar-refractivity contribution in [1.82, 2.24) is 4.84 Å². The van der Waals surface area contributed by atoms with Crippen LogP contribution in [0.5, 0.6) is 0 Å². The molecule has 0 radical (unpaired) electrons. The summed E-state index contributed by atoms with van der Waals surface area (Å²) < 4.78 is 0. The van der Waals surface area contributed by atoms with E-state index >= 15 is 0 Å². The van der Waals surface area contributed by atoms with Gasteiger partial charge in [-0.3, -0.25) is 0 Å². The lowest BCUT2D eigenvalue weighted by atomic mass is 10.1. The Morgan fingerprint density at radius 1 is 1.62 bits per heavy atom. The molecular weight excluding hydrogens is 126 g/mol. The summed E-state index contributed by atoms with van der Waals surface area (Å²) in [5.74, 6) is 0.269. The fourth-order valence-electron chi connectivity index (χ4n) is 0.309. The lowest BCUT2D eigenvalue weighted by Crippen LogP contribution is -2.27. The van der Waals surface area contributed by atoms with Crippen molar-refractivity contribution in [2.24, 2.45) is 5.92 Å². The maximum atomic E-state index is 10.0. The number of rotatable bonds is 3. The molecule has 0 aromatic heterocycles. The SMILES string of the molecule is CC(C)C(C=O)NCl. The fourth-order valence-corrected chi connectivity index (χ4v) is 0.612. The van der Waals surface area contributed by atoms with Crippen LogP contribution in [0.25, 0.3) is 0 Å². The number of halogens is 1. The highest BCUT2D eigenvalue weighted by Gasteiger charge is 2.08. The number of hydrogen-bond acceptors (Lipinski definition) is 2. The van der Waals surface area contributed by atoms with Gasteiger partial charge in [0.15, 0.2) is 0 Å². The molecule has 0 aliphatic carbocycles. The zero-order chi connectivity index (χ0) is 6.57. The van der Waals surface area contributed by atoms with Gasteiger partial charge in [-0.25, -0.2) is 4.84 Å². The highest BCUT2D eigenvalue weighted by molar-refractivity contribution is 6.14. The van der Waals surface area contributed by atoms with Gasteiger partial charge in [-0.05, 0) is 17.7 Å². The molecular formula is C5H10ClNO. The molecule has 8 heavy (non-hydrogen) atoms. The first kappa shape index (κ1) is 7.92. The molecule has 1 N–H and O–H groups in total. The van der Waals surface area contributed by atoms with Crippen molar-refractivity contribution in [2.75, 3.05) is 0 Å². The van der Waals surface area contributed by atoms with Gasteiger partial charge in [-0.1, -0.05) is 13.8 Å². The Bertz CT molecular complexity index is 74.8. The average Bonchev–Trinajstić information content (AvgIpc) is 1.69. The summed E-state index contributed by atoms with van der Waals surface area (Å²) in [6, 6.07) is -0.211. The molecule has 48 valence electrons. The number of aldehydes is 1. The zero-order valence-corrected chi connectivity index (χ0v) is 5.77. The van der Waals surface area contributed by atoms with Gasteiger partial charge in [0.25, 0.3) is 0 Å². The lowest BCUT2D eigenvalue weighted by Gasteiger charge is -2.09. The molecule has 0 amide bonds. The molecule has 0 bridgehead atoms. The number of carbonyl (C=O) groups is 1. The van der Waals surface area contributed by atoms with E-state index in [1.54, 1.807) is 0 Å². The van der Waals surface area contributed by atoms with Crippen LogP contribution in [0.4, 0.5) is 0 Å². The maximum absolute atomic E-state index is 10.0. The zero-order valence-electron chi connectivity index (χ0n) is 5.02. The predicted molar refractivity (Wildman–Crippen MR) is 33.7 cm³/mol. The van der Waals surface area contributed by atoms with Crippen molar-refractivity contribution in [3.05, 3.63) is 0 Å². The molecule has 2 nitrogen and oxygen atoms in total. The summed E-state index contributed by atoms with van der Waals surface area (Å²) in [4.78, 5) is 12.4. The van der Waals surface area contributed by atoms with Gasteiger partial charge in [0.1, 0.15) is 6.29 Å². The van der Waals surface area contributed by atoms with Crippen molar-refractivity contribution in [2.45, 2.75) is 19.9 Å². The molecule has 0 spiro atoms. The highest BCUT2D eigenvalue weighted by Crippen LogP contribution is 1.97. The van der Waals surface area contributed by atoms with Crippen molar-refractivity contribution in [1.29, 1.82) is 0 Å². The topological polar surface area (TPSA) is 29.1 Å². The van der Waals surface area contributed by atoms with Crippen molar-refractivity contribution < 1.29 is 4.79 Å². The van der Waals surface area contributed by atoms with E-state index in [1.165, 1.54) is 0 Å². The molecule has 0 saturated carbocycles. The van der Waals surface area contributed by atoms with Crippen LogP contribution in [0, 0.1) is 5.92 Å². The summed E-state index contributed by atoms with van der Waals surface area (Å²) in [5.41, 5.74) is 0. The standard InChI is InChI=1S/C5H10ClNO/c1-4(2)5(3-8)7-6/h3-5,7H,1-2H3. The lowest BCUT2D eigenvalue weighted by molar-refractivity contribution is -0.109. The molecule has 1 unspecified atom stereocenters. The van der Waals surface area contributed by atoms with Crippen molar-refractivity contribution in [3.8, 4) is 0 Å². The molecule has 3 heteroatoms. The van der Waals surface area contributed by atoms with Gasteiger partial charge in [0, 0.05) is 0 Å². The van der Waals surface area contributed by atoms with E-state index in [0.29, 0.717) is 0 Å². The van der Waals surface area contributed by atoms with E-state index in [1.807, 2.05) is 13.8 Å². The Morgan fingerprint density at radius 3 is 2.12 bits per heavy atom. The van der Waals surface area contributed by atoms with Crippen molar-refractivity contribution in [3.63, 3.8) is 0 Å². The first-order valence-electron chi connectivity index (χ1n) is 2.53. The number of carbonyl (C=O) groups excluding carboxylic acids is 1. The Kier molecular flexibility index (Phi) is 3.83. The van der Waals surface area contributed by atoms with Crippen LogP contribution >= 0.6 is 11.8 Å². The smallest absolute Gasteiger partial charge is 0.138 e. The van der Waals surface area contributed by atoms with E-state index in [-0.39, 0.29) is 12.0 Å². The second kappa shape index (κ2) is 3.87. The van der Waals surface area contributed by atoms with Gasteiger partial charge in [-0.15, -0.1) is 0 Å². The van der Waals surface area contributed by atoms with E-state index in [2.05, 4.69) is 4.84 Å². The highest BCUT2D eigenvalue weighted by atomic mass is 35.5. The minimum absolute atomic E-state index is 0.211. The summed E-state index contributed by atoms with van der Waals surface area (Å²) in [6.45, 7) is 3.85. The number of hydrogen-bond donors (Lipinski definition) is 1. The molecule has 0 saturated heterocycles. The summed E-state index contributed by atoms with van der Waals surface area (Å²) in [5, 5.41) is 0. The van der Waals surface area contributed by atoms with Gasteiger partial charge >= 0.3 is 0 Å². The molecule has 0 fully saturated rings. The predicted octanol–water partition coefficient (Wildman–Crippen LogP) is 0.953. The first-order valence-corrected chi connectivity index (χ1v) is 2.91. The van der Waals surface area contributed by atoms with Crippen LogP contribution in [0.1, 0.15) is 13.8 Å². The number of nitrogens with one attached hydrogen (secondary N) is 1.